The molecule has 7 heteroatoms. The lowest BCUT2D eigenvalue weighted by Crippen LogP contribution is -2.44. The molecule has 0 aliphatic heterocycles. The summed E-state index contributed by atoms with van der Waals surface area (Å²) in [6, 6.07) is 14.2. The van der Waals surface area contributed by atoms with Gasteiger partial charge in [0.25, 0.3) is 0 Å². The first kappa shape index (κ1) is 19.4. The summed E-state index contributed by atoms with van der Waals surface area (Å²) >= 11 is 0. The number of amides is 1. The van der Waals surface area contributed by atoms with Gasteiger partial charge in [-0.3, -0.25) is 4.57 Å². The SMILES string of the molecule is CC(C)(C)OC(=O)NC(Cc1ccc(-n2cnc3ccccc32)cc1)C(=O)O. The molecule has 7 nitrogen and oxygen atoms in total. The Labute approximate surface area is 163 Å². The molecule has 2 aromatic carbocycles. The minimum Gasteiger partial charge on any atom is -0.480 e. The number of carbonyl (C=O) groups is 2. The Morgan fingerprint density at radius 3 is 2.46 bits per heavy atom. The molecule has 0 radical (unpaired) electrons. The molecule has 1 atom stereocenters. The van der Waals surface area contributed by atoms with Crippen LogP contribution in [0.15, 0.2) is 54.9 Å². The summed E-state index contributed by atoms with van der Waals surface area (Å²) in [5.74, 6) is -1.12. The van der Waals surface area contributed by atoms with E-state index in [1.807, 2.05) is 53.1 Å². The monoisotopic (exact) mass is 381 g/mol. The normalized spacial score (nSPS) is 12.5. The number of hydrogen-bond donors (Lipinski definition) is 2. The van der Waals surface area contributed by atoms with Crippen molar-refractivity contribution in [2.45, 2.75) is 38.8 Å². The highest BCUT2D eigenvalue weighted by molar-refractivity contribution is 5.80. The van der Waals surface area contributed by atoms with E-state index < -0.39 is 23.7 Å². The quantitative estimate of drug-likeness (QED) is 0.705. The minimum atomic E-state index is -1.12. The predicted octanol–water partition coefficient (Wildman–Crippen LogP) is 3.55. The zero-order valence-electron chi connectivity index (χ0n) is 16.0. The molecule has 0 aliphatic carbocycles. The number of carboxylic acid groups (broad SMARTS) is 1. The molecular weight excluding hydrogens is 358 g/mol. The molecule has 1 heterocycles. The van der Waals surface area contributed by atoms with Gasteiger partial charge >= 0.3 is 12.1 Å². The van der Waals surface area contributed by atoms with Crippen molar-refractivity contribution in [3.63, 3.8) is 0 Å². The number of nitrogens with zero attached hydrogens (tertiary/aromatic N) is 2. The first-order valence-corrected chi connectivity index (χ1v) is 8.97. The maximum Gasteiger partial charge on any atom is 0.408 e. The molecule has 1 aromatic heterocycles. The number of para-hydroxylation sites is 2. The predicted molar refractivity (Wildman–Crippen MR) is 106 cm³/mol. The molecule has 3 aromatic rings. The van der Waals surface area contributed by atoms with Gasteiger partial charge < -0.3 is 15.2 Å². The first-order chi connectivity index (χ1) is 13.2. The molecule has 0 saturated heterocycles. The van der Waals surface area contributed by atoms with Gasteiger partial charge in [-0.25, -0.2) is 14.6 Å². The van der Waals surface area contributed by atoms with Gasteiger partial charge in [0.2, 0.25) is 0 Å². The standard InChI is InChI=1S/C21H23N3O4/c1-21(2,3)28-20(27)23-17(19(25)26)12-14-8-10-15(11-9-14)24-13-22-16-6-4-5-7-18(16)24/h4-11,13,17H,12H2,1-3H3,(H,23,27)(H,25,26). The largest absolute Gasteiger partial charge is 0.480 e. The van der Waals surface area contributed by atoms with Crippen LogP contribution in [0.2, 0.25) is 0 Å². The molecule has 1 amide bonds. The molecular formula is C21H23N3O4. The number of benzene rings is 2. The summed E-state index contributed by atoms with van der Waals surface area (Å²) in [4.78, 5) is 27.8. The van der Waals surface area contributed by atoms with E-state index in [4.69, 9.17) is 4.74 Å². The smallest absolute Gasteiger partial charge is 0.408 e. The molecule has 146 valence electrons. The van der Waals surface area contributed by atoms with E-state index in [0.29, 0.717) is 0 Å². The highest BCUT2D eigenvalue weighted by Gasteiger charge is 2.24. The van der Waals surface area contributed by atoms with E-state index >= 15 is 0 Å². The molecule has 2 N–H and O–H groups in total. The molecule has 3 rings (SSSR count). The Morgan fingerprint density at radius 1 is 1.14 bits per heavy atom. The number of aliphatic carboxylic acids is 1. The molecule has 0 aliphatic rings. The Bertz CT molecular complexity index is 987. The highest BCUT2D eigenvalue weighted by Crippen LogP contribution is 2.19. The third-order valence-corrected chi connectivity index (χ3v) is 4.10. The third-order valence-electron chi connectivity index (χ3n) is 4.10. The number of hydrogen-bond acceptors (Lipinski definition) is 4. The maximum atomic E-state index is 11.9. The number of ether oxygens (including phenoxy) is 1. The highest BCUT2D eigenvalue weighted by atomic mass is 16.6. The van der Waals surface area contributed by atoms with E-state index in [-0.39, 0.29) is 6.42 Å². The molecule has 0 saturated carbocycles. The molecule has 28 heavy (non-hydrogen) atoms. The fourth-order valence-electron chi connectivity index (χ4n) is 2.84. The van der Waals surface area contributed by atoms with Crippen LogP contribution in [0.1, 0.15) is 26.3 Å². The molecule has 0 bridgehead atoms. The average Bonchev–Trinajstić information content (AvgIpc) is 3.04. The topological polar surface area (TPSA) is 93.5 Å². The maximum absolute atomic E-state index is 11.9. The summed E-state index contributed by atoms with van der Waals surface area (Å²) in [7, 11) is 0. The van der Waals surface area contributed by atoms with Crippen LogP contribution in [-0.4, -0.2) is 38.4 Å². The second-order valence-corrected chi connectivity index (χ2v) is 7.51. The summed E-state index contributed by atoms with van der Waals surface area (Å²) < 4.78 is 7.11. The summed E-state index contributed by atoms with van der Waals surface area (Å²) in [6.45, 7) is 5.17. The third kappa shape index (κ3) is 4.68. The molecule has 1 unspecified atom stereocenters. The number of nitrogens with one attached hydrogen (secondary N) is 1. The fourth-order valence-corrected chi connectivity index (χ4v) is 2.84. The summed E-state index contributed by atoms with van der Waals surface area (Å²) in [5.41, 5.74) is 2.91. The van der Waals surface area contributed by atoms with E-state index in [9.17, 15) is 14.7 Å². The number of carboxylic acids is 1. The number of carbonyl (C=O) groups excluding carboxylic acids is 1. The van der Waals surface area contributed by atoms with Gasteiger partial charge in [0.1, 0.15) is 18.0 Å². The first-order valence-electron chi connectivity index (χ1n) is 8.97. The molecule has 0 fully saturated rings. The van der Waals surface area contributed by atoms with Crippen LogP contribution in [0.4, 0.5) is 4.79 Å². The number of fused-ring (bicyclic) bond motifs is 1. The van der Waals surface area contributed by atoms with Crippen molar-refractivity contribution < 1.29 is 19.4 Å². The Morgan fingerprint density at radius 2 is 1.82 bits per heavy atom. The second-order valence-electron chi connectivity index (χ2n) is 7.51. The summed E-state index contributed by atoms with van der Waals surface area (Å²) in [6.07, 6.45) is 1.16. The lowest BCUT2D eigenvalue weighted by molar-refractivity contribution is -0.139. The van der Waals surface area contributed by atoms with Gasteiger partial charge in [0.15, 0.2) is 0 Å². The lowest BCUT2D eigenvalue weighted by atomic mass is 10.1. The van der Waals surface area contributed by atoms with Crippen molar-refractivity contribution in [1.82, 2.24) is 14.9 Å². The van der Waals surface area contributed by atoms with Gasteiger partial charge in [-0.15, -0.1) is 0 Å². The number of rotatable bonds is 5. The van der Waals surface area contributed by atoms with Crippen LogP contribution in [0, 0.1) is 0 Å². The van der Waals surface area contributed by atoms with Crippen molar-refractivity contribution in [3.8, 4) is 5.69 Å². The minimum absolute atomic E-state index is 0.152. The van der Waals surface area contributed by atoms with Crippen LogP contribution in [0.3, 0.4) is 0 Å². The van der Waals surface area contributed by atoms with E-state index in [0.717, 1.165) is 22.3 Å². The lowest BCUT2D eigenvalue weighted by Gasteiger charge is -2.22. The van der Waals surface area contributed by atoms with Gasteiger partial charge in [0.05, 0.1) is 11.0 Å². The average molecular weight is 381 g/mol. The second kappa shape index (κ2) is 7.72. The van der Waals surface area contributed by atoms with Crippen LogP contribution < -0.4 is 5.32 Å². The van der Waals surface area contributed by atoms with Crippen molar-refractivity contribution >= 4 is 23.1 Å². The fraction of sp³-hybridized carbons (Fsp3) is 0.286. The van der Waals surface area contributed by atoms with E-state index in [2.05, 4.69) is 10.3 Å². The van der Waals surface area contributed by atoms with Crippen molar-refractivity contribution in [2.75, 3.05) is 0 Å². The Balaban J connectivity index is 1.73. The van der Waals surface area contributed by atoms with E-state index in [1.54, 1.807) is 27.1 Å². The van der Waals surface area contributed by atoms with Crippen LogP contribution in [0.5, 0.6) is 0 Å². The molecule has 0 spiro atoms. The Kier molecular flexibility index (Phi) is 5.35. The van der Waals surface area contributed by atoms with Gasteiger partial charge in [-0.05, 0) is 50.6 Å². The van der Waals surface area contributed by atoms with Crippen LogP contribution in [0.25, 0.3) is 16.7 Å². The van der Waals surface area contributed by atoms with Gasteiger partial charge in [0, 0.05) is 12.1 Å². The summed E-state index contributed by atoms with van der Waals surface area (Å²) in [5, 5.41) is 11.8. The van der Waals surface area contributed by atoms with Crippen molar-refractivity contribution in [2.24, 2.45) is 0 Å². The number of imidazole rings is 1. The van der Waals surface area contributed by atoms with Crippen LogP contribution >= 0.6 is 0 Å². The van der Waals surface area contributed by atoms with Crippen molar-refractivity contribution in [1.29, 1.82) is 0 Å². The number of alkyl carbamates (subject to hydrolysis) is 1. The Hall–Kier alpha value is -3.35. The number of aromatic nitrogens is 2. The zero-order valence-corrected chi connectivity index (χ0v) is 16.0. The van der Waals surface area contributed by atoms with Gasteiger partial charge in [-0.2, -0.15) is 0 Å². The zero-order chi connectivity index (χ0) is 20.3. The van der Waals surface area contributed by atoms with Crippen molar-refractivity contribution in [3.05, 3.63) is 60.4 Å². The van der Waals surface area contributed by atoms with E-state index in [1.165, 1.54) is 0 Å². The van der Waals surface area contributed by atoms with Crippen LogP contribution in [-0.2, 0) is 16.0 Å². The van der Waals surface area contributed by atoms with Gasteiger partial charge in [-0.1, -0.05) is 24.3 Å².